The van der Waals surface area contributed by atoms with Gasteiger partial charge >= 0.3 is 11.9 Å². The molecule has 0 rings (SSSR count). The third-order valence-electron chi connectivity index (χ3n) is 7.45. The van der Waals surface area contributed by atoms with Gasteiger partial charge in [0, 0.05) is 29.9 Å². The van der Waals surface area contributed by atoms with Crippen molar-refractivity contribution in [1.29, 1.82) is 0 Å². The van der Waals surface area contributed by atoms with E-state index in [-0.39, 0.29) is 29.3 Å². The van der Waals surface area contributed by atoms with Crippen molar-refractivity contribution in [1.82, 2.24) is 0 Å². The van der Waals surface area contributed by atoms with Gasteiger partial charge in [-0.3, -0.25) is 9.59 Å². The van der Waals surface area contributed by atoms with Crippen LogP contribution >= 0.6 is 0 Å². The fourth-order valence-corrected chi connectivity index (χ4v) is 4.73. The Labute approximate surface area is 275 Å². The molecule has 2 atom stereocenters. The molecule has 0 heterocycles. The van der Waals surface area contributed by atoms with Gasteiger partial charge in [-0.25, -0.2) is 0 Å². The first kappa shape index (κ1) is 46.3. The summed E-state index contributed by atoms with van der Waals surface area (Å²) < 4.78 is 0. The fourth-order valence-electron chi connectivity index (χ4n) is 4.73. The first-order chi connectivity index (χ1) is 20.3. The molecule has 0 aromatic heterocycles. The van der Waals surface area contributed by atoms with E-state index in [0.29, 0.717) is 12.8 Å². The third-order valence-corrected chi connectivity index (χ3v) is 7.45. The number of aliphatic hydroxyl groups excluding tert-OH is 2. The van der Waals surface area contributed by atoms with E-state index in [0.717, 1.165) is 103 Å². The minimum absolute atomic E-state index is 0. The van der Waals surface area contributed by atoms with Crippen LogP contribution in [0.1, 0.15) is 181 Å². The molecule has 0 saturated heterocycles. The summed E-state index contributed by atoms with van der Waals surface area (Å²) in [4.78, 5) is 20.7. The van der Waals surface area contributed by atoms with Gasteiger partial charge in [0.25, 0.3) is 0 Å². The minimum Gasteiger partial charge on any atom is -0.481 e. The number of hydrogen-bond donors (Lipinski definition) is 4. The molecular weight excluding hydrogens is 592 g/mol. The van der Waals surface area contributed by atoms with Crippen LogP contribution in [0, 0.1) is 0 Å². The smallest absolute Gasteiger partial charge is 0.303 e. The molecular formula is C36H68CuO6. The van der Waals surface area contributed by atoms with Gasteiger partial charge in [0.05, 0.1) is 12.2 Å². The molecule has 0 unspecified atom stereocenters. The number of aliphatic hydroxyl groups is 2. The van der Waals surface area contributed by atoms with Gasteiger partial charge in [0.1, 0.15) is 0 Å². The molecule has 0 aliphatic carbocycles. The van der Waals surface area contributed by atoms with Crippen molar-refractivity contribution in [3.8, 4) is 0 Å². The molecule has 0 amide bonds. The topological polar surface area (TPSA) is 115 Å². The van der Waals surface area contributed by atoms with E-state index in [1.54, 1.807) is 0 Å². The summed E-state index contributed by atoms with van der Waals surface area (Å²) in [5, 5.41) is 36.6. The van der Waals surface area contributed by atoms with Crippen molar-refractivity contribution in [2.75, 3.05) is 0 Å². The SMILES string of the molecule is CCCCCC[C@@H](O)C/C=C\CCCCCCCC(=O)O.CCCCCC[C@@H](O)C/C=C\CCCCCCCC(=O)O.[Cu]. The number of allylic oxidation sites excluding steroid dienone is 2. The van der Waals surface area contributed by atoms with Crippen LogP contribution in [0.5, 0.6) is 0 Å². The van der Waals surface area contributed by atoms with Crippen LogP contribution in [0.25, 0.3) is 0 Å². The Kier molecular flexibility index (Phi) is 41.8. The maximum absolute atomic E-state index is 10.3. The zero-order chi connectivity index (χ0) is 31.5. The van der Waals surface area contributed by atoms with Crippen molar-refractivity contribution < 1.29 is 47.1 Å². The van der Waals surface area contributed by atoms with Crippen molar-refractivity contribution >= 4 is 11.9 Å². The predicted octanol–water partition coefficient (Wildman–Crippen LogP) is 10.2. The van der Waals surface area contributed by atoms with E-state index >= 15 is 0 Å². The predicted molar refractivity (Wildman–Crippen MR) is 177 cm³/mol. The third kappa shape index (κ3) is 45.4. The number of carboxylic acids is 2. The molecule has 4 N–H and O–H groups in total. The van der Waals surface area contributed by atoms with E-state index in [4.69, 9.17) is 10.2 Å². The second kappa shape index (κ2) is 38.9. The van der Waals surface area contributed by atoms with Gasteiger partial charge in [-0.1, -0.05) is 128 Å². The Morgan fingerprint density at radius 3 is 1.16 bits per heavy atom. The zero-order valence-electron chi connectivity index (χ0n) is 27.8. The largest absolute Gasteiger partial charge is 0.481 e. The minimum atomic E-state index is -0.689. The van der Waals surface area contributed by atoms with Crippen LogP contribution in [0.2, 0.25) is 0 Å². The number of unbranched alkanes of at least 4 members (excludes halogenated alkanes) is 16. The monoisotopic (exact) mass is 659 g/mol. The van der Waals surface area contributed by atoms with E-state index in [2.05, 4.69) is 38.2 Å². The van der Waals surface area contributed by atoms with Gasteiger partial charge in [0.2, 0.25) is 0 Å². The van der Waals surface area contributed by atoms with Crippen LogP contribution in [-0.4, -0.2) is 44.6 Å². The van der Waals surface area contributed by atoms with E-state index < -0.39 is 11.9 Å². The van der Waals surface area contributed by atoms with Gasteiger partial charge in [-0.05, 0) is 64.2 Å². The summed E-state index contributed by atoms with van der Waals surface area (Å²) in [5.74, 6) is -1.38. The molecule has 0 aliphatic heterocycles. The second-order valence-electron chi connectivity index (χ2n) is 11.8. The van der Waals surface area contributed by atoms with Gasteiger partial charge < -0.3 is 20.4 Å². The molecule has 0 aromatic carbocycles. The summed E-state index contributed by atoms with van der Waals surface area (Å²) in [6.07, 6.45) is 34.7. The molecule has 6 nitrogen and oxygen atoms in total. The Hall–Kier alpha value is -1.14. The van der Waals surface area contributed by atoms with E-state index in [1.165, 1.54) is 51.4 Å². The molecule has 0 bridgehead atoms. The molecule has 1 radical (unpaired) electrons. The van der Waals surface area contributed by atoms with Crippen molar-refractivity contribution in [2.45, 2.75) is 193 Å². The average Bonchev–Trinajstić information content (AvgIpc) is 2.95. The zero-order valence-corrected chi connectivity index (χ0v) is 28.7. The summed E-state index contributed by atoms with van der Waals surface area (Å²) in [6.45, 7) is 4.40. The number of aliphatic carboxylic acids is 2. The van der Waals surface area contributed by atoms with Crippen molar-refractivity contribution in [3.05, 3.63) is 24.3 Å². The summed E-state index contributed by atoms with van der Waals surface area (Å²) in [5.41, 5.74) is 0. The number of rotatable bonds is 30. The molecule has 7 heteroatoms. The standard InChI is InChI=1S/2C18H34O3.Cu/c2*1-2-3-4-11-14-17(19)15-12-9-7-5-6-8-10-13-16-18(20)21;/h2*9,12,17,19H,2-8,10-11,13-16H2,1H3,(H,20,21);/b2*12-9-;/t2*17-;/m11./s1. The van der Waals surface area contributed by atoms with Crippen LogP contribution < -0.4 is 0 Å². The molecule has 0 aromatic rings. The average molecular weight is 660 g/mol. The second-order valence-corrected chi connectivity index (χ2v) is 11.8. The molecule has 0 spiro atoms. The first-order valence-corrected chi connectivity index (χ1v) is 17.4. The van der Waals surface area contributed by atoms with Crippen LogP contribution in [-0.2, 0) is 26.7 Å². The summed E-state index contributed by atoms with van der Waals surface area (Å²) in [7, 11) is 0. The first-order valence-electron chi connectivity index (χ1n) is 17.4. The van der Waals surface area contributed by atoms with Crippen LogP contribution in [0.4, 0.5) is 0 Å². The van der Waals surface area contributed by atoms with Gasteiger partial charge in [0.15, 0.2) is 0 Å². The number of carbonyl (C=O) groups is 2. The van der Waals surface area contributed by atoms with E-state index in [1.807, 2.05) is 0 Å². The molecule has 43 heavy (non-hydrogen) atoms. The Bertz CT molecular complexity index is 583. The number of hydrogen-bond acceptors (Lipinski definition) is 4. The van der Waals surface area contributed by atoms with Crippen molar-refractivity contribution in [3.63, 3.8) is 0 Å². The van der Waals surface area contributed by atoms with Crippen LogP contribution in [0.15, 0.2) is 24.3 Å². The summed E-state index contributed by atoms with van der Waals surface area (Å²) >= 11 is 0. The molecule has 0 aliphatic rings. The Morgan fingerprint density at radius 1 is 0.488 bits per heavy atom. The fraction of sp³-hybridized carbons (Fsp3) is 0.833. The maximum atomic E-state index is 10.3. The Morgan fingerprint density at radius 2 is 0.814 bits per heavy atom. The van der Waals surface area contributed by atoms with Crippen LogP contribution in [0.3, 0.4) is 0 Å². The maximum Gasteiger partial charge on any atom is 0.303 e. The van der Waals surface area contributed by atoms with E-state index in [9.17, 15) is 19.8 Å². The Balaban J connectivity index is -0.000000727. The molecule has 0 saturated carbocycles. The molecule has 0 fully saturated rings. The van der Waals surface area contributed by atoms with Crippen molar-refractivity contribution in [2.24, 2.45) is 0 Å². The van der Waals surface area contributed by atoms with Gasteiger partial charge in [-0.15, -0.1) is 0 Å². The number of carboxylic acid groups (broad SMARTS) is 2. The van der Waals surface area contributed by atoms with Gasteiger partial charge in [-0.2, -0.15) is 0 Å². The molecule has 259 valence electrons. The normalized spacial score (nSPS) is 12.6. The summed E-state index contributed by atoms with van der Waals surface area (Å²) in [6, 6.07) is 0. The quantitative estimate of drug-likeness (QED) is 0.0346.